The third kappa shape index (κ3) is 3.26. The van der Waals surface area contributed by atoms with Crippen LogP contribution in [-0.4, -0.2) is 43.3 Å². The molecule has 6 nitrogen and oxygen atoms in total. The minimum atomic E-state index is 0.00717. The van der Waals surface area contributed by atoms with Gasteiger partial charge in [-0.3, -0.25) is 4.90 Å². The van der Waals surface area contributed by atoms with Crippen LogP contribution in [0.5, 0.6) is 17.2 Å². The Hall–Kier alpha value is -2.25. The molecular weight excluding hydrogens is 412 g/mol. The molecule has 0 saturated heterocycles. The lowest BCUT2D eigenvalue weighted by molar-refractivity contribution is 0.170. The Labute approximate surface area is 166 Å². The summed E-state index contributed by atoms with van der Waals surface area (Å²) >= 11 is 3.44. The van der Waals surface area contributed by atoms with Crippen LogP contribution in [0.15, 0.2) is 40.0 Å². The highest BCUT2D eigenvalue weighted by Gasteiger charge is 2.34. The Kier molecular flexibility index (Phi) is 4.97. The number of likely N-dealkylation sites (N-methyl/N-ethyl adjacent to an activating group) is 1. The number of benzene rings is 2. The molecule has 0 unspecified atom stereocenters. The van der Waals surface area contributed by atoms with E-state index in [9.17, 15) is 5.21 Å². The van der Waals surface area contributed by atoms with Crippen LogP contribution < -0.4 is 14.2 Å². The predicted molar refractivity (Wildman–Crippen MR) is 105 cm³/mol. The molecule has 27 heavy (non-hydrogen) atoms. The molecule has 0 saturated carbocycles. The number of hydrogen-bond donors (Lipinski definition) is 1. The van der Waals surface area contributed by atoms with Crippen LogP contribution in [0, 0.1) is 0 Å². The predicted octanol–water partition coefficient (Wildman–Crippen LogP) is 3.98. The average molecular weight is 433 g/mol. The van der Waals surface area contributed by atoms with E-state index in [1.54, 1.807) is 7.11 Å². The van der Waals surface area contributed by atoms with E-state index in [0.29, 0.717) is 23.6 Å². The van der Waals surface area contributed by atoms with Crippen molar-refractivity contribution in [2.45, 2.75) is 18.9 Å². The zero-order valence-electron chi connectivity index (χ0n) is 15.2. The largest absolute Gasteiger partial charge is 0.492 e. The van der Waals surface area contributed by atoms with E-state index in [0.717, 1.165) is 34.3 Å². The molecule has 4 rings (SSSR count). The van der Waals surface area contributed by atoms with Gasteiger partial charge in [0.2, 0.25) is 12.5 Å². The van der Waals surface area contributed by atoms with Crippen molar-refractivity contribution in [1.82, 2.24) is 4.90 Å². The van der Waals surface area contributed by atoms with Crippen LogP contribution in [-0.2, 0) is 6.42 Å². The summed E-state index contributed by atoms with van der Waals surface area (Å²) in [6.07, 6.45) is 1.46. The van der Waals surface area contributed by atoms with E-state index in [4.69, 9.17) is 14.2 Å². The Bertz CT molecular complexity index is 883. The summed E-state index contributed by atoms with van der Waals surface area (Å²) in [7, 11) is 3.73. The molecule has 142 valence electrons. The second kappa shape index (κ2) is 7.40. The molecule has 2 heterocycles. The smallest absolute Gasteiger partial charge is 0.231 e. The minimum absolute atomic E-state index is 0.00717. The van der Waals surface area contributed by atoms with E-state index in [1.807, 2.05) is 24.3 Å². The third-order valence-corrected chi connectivity index (χ3v) is 5.76. The number of rotatable bonds is 4. The first-order valence-corrected chi connectivity index (χ1v) is 9.58. The topological polar surface area (TPSA) is 63.5 Å². The number of halogens is 1. The molecule has 0 bridgehead atoms. The first-order chi connectivity index (χ1) is 13.1. The average Bonchev–Trinajstić information content (AvgIpc) is 3.15. The van der Waals surface area contributed by atoms with Gasteiger partial charge in [-0.2, -0.15) is 0 Å². The number of fused-ring (bicyclic) bond motifs is 2. The molecule has 0 fully saturated rings. The van der Waals surface area contributed by atoms with Crippen molar-refractivity contribution in [2.75, 3.05) is 27.5 Å². The fourth-order valence-electron chi connectivity index (χ4n) is 3.82. The van der Waals surface area contributed by atoms with E-state index in [-0.39, 0.29) is 12.8 Å². The highest BCUT2D eigenvalue weighted by Crippen LogP contribution is 2.50. The van der Waals surface area contributed by atoms with Gasteiger partial charge in [0.15, 0.2) is 11.5 Å². The van der Waals surface area contributed by atoms with Gasteiger partial charge in [0.25, 0.3) is 0 Å². The van der Waals surface area contributed by atoms with Crippen molar-refractivity contribution in [3.8, 4) is 17.2 Å². The zero-order valence-corrected chi connectivity index (χ0v) is 16.8. The number of hydrogen-bond acceptors (Lipinski definition) is 6. The highest BCUT2D eigenvalue weighted by atomic mass is 79.9. The Balaban J connectivity index is 1.75. The maximum Gasteiger partial charge on any atom is 0.231 e. The van der Waals surface area contributed by atoms with Gasteiger partial charge >= 0.3 is 0 Å². The molecule has 1 atom stereocenters. The summed E-state index contributed by atoms with van der Waals surface area (Å²) in [6, 6.07) is 9.83. The van der Waals surface area contributed by atoms with Crippen molar-refractivity contribution < 1.29 is 19.4 Å². The number of methoxy groups -OCH3 is 1. The minimum Gasteiger partial charge on any atom is -0.492 e. The summed E-state index contributed by atoms with van der Waals surface area (Å²) in [5.41, 5.74) is 3.79. The van der Waals surface area contributed by atoms with Gasteiger partial charge in [-0.25, -0.2) is 0 Å². The molecule has 0 aromatic heterocycles. The molecule has 2 aliphatic heterocycles. The molecule has 0 aliphatic carbocycles. The zero-order chi connectivity index (χ0) is 19.0. The van der Waals surface area contributed by atoms with Gasteiger partial charge in [-0.1, -0.05) is 33.2 Å². The highest BCUT2D eigenvalue weighted by molar-refractivity contribution is 9.10. The molecule has 2 aromatic rings. The summed E-state index contributed by atoms with van der Waals surface area (Å²) in [5, 5.41) is 13.3. The van der Waals surface area contributed by atoms with Crippen molar-refractivity contribution in [3.05, 3.63) is 51.5 Å². The van der Waals surface area contributed by atoms with Crippen molar-refractivity contribution in [1.29, 1.82) is 0 Å². The molecule has 2 aliphatic rings. The van der Waals surface area contributed by atoms with E-state index in [1.165, 1.54) is 5.56 Å². The molecule has 0 radical (unpaired) electrons. The van der Waals surface area contributed by atoms with Gasteiger partial charge < -0.3 is 19.4 Å². The van der Waals surface area contributed by atoms with Crippen LogP contribution in [0.25, 0.3) is 0 Å². The quantitative estimate of drug-likeness (QED) is 0.449. The summed E-state index contributed by atoms with van der Waals surface area (Å²) in [6.45, 7) is 1.11. The van der Waals surface area contributed by atoms with Crippen LogP contribution in [0.2, 0.25) is 0 Å². The summed E-state index contributed by atoms with van der Waals surface area (Å²) < 4.78 is 17.9. The van der Waals surface area contributed by atoms with E-state index in [2.05, 4.69) is 39.1 Å². The van der Waals surface area contributed by atoms with Crippen LogP contribution in [0.3, 0.4) is 0 Å². The van der Waals surface area contributed by atoms with Crippen LogP contribution >= 0.6 is 15.9 Å². The van der Waals surface area contributed by atoms with Gasteiger partial charge in [-0.05, 0) is 42.8 Å². The van der Waals surface area contributed by atoms with Gasteiger partial charge in [-0.15, -0.1) is 0 Å². The van der Waals surface area contributed by atoms with E-state index >= 15 is 0 Å². The molecule has 1 N–H and O–H groups in total. The maximum absolute atomic E-state index is 9.68. The number of nitrogens with zero attached hydrogens (tertiary/aromatic N) is 2. The number of oxime groups is 1. The normalized spacial score (nSPS) is 19.1. The molecule has 2 aromatic carbocycles. The maximum atomic E-state index is 9.68. The number of ether oxygens (including phenoxy) is 3. The van der Waals surface area contributed by atoms with Gasteiger partial charge in [0.05, 0.1) is 12.8 Å². The lowest BCUT2D eigenvalue weighted by atomic mass is 9.87. The molecular formula is C20H21BrN2O4. The van der Waals surface area contributed by atoms with Crippen LogP contribution in [0.1, 0.15) is 29.2 Å². The Morgan fingerprint density at radius 1 is 1.33 bits per heavy atom. The van der Waals surface area contributed by atoms with Gasteiger partial charge in [0.1, 0.15) is 0 Å². The summed E-state index contributed by atoms with van der Waals surface area (Å²) in [5.74, 6) is 2.10. The molecule has 0 spiro atoms. The Morgan fingerprint density at radius 3 is 2.81 bits per heavy atom. The lowest BCUT2D eigenvalue weighted by Crippen LogP contribution is -2.34. The molecule has 7 heteroatoms. The fourth-order valence-corrected chi connectivity index (χ4v) is 4.09. The van der Waals surface area contributed by atoms with Gasteiger partial charge in [0, 0.05) is 29.0 Å². The standard InChI is InChI=1S/C20H21BrN2O4/c1-23-8-7-13-9-17-19(27-11-26-17)20(25-2)18(13)16(23)10-15(22-24)12-3-5-14(21)6-4-12/h3-6,9,16,24H,7-8,10-11H2,1-2H3/b22-15+/t16-/m1/s1. The Morgan fingerprint density at radius 2 is 2.11 bits per heavy atom. The van der Waals surface area contributed by atoms with Crippen molar-refractivity contribution in [3.63, 3.8) is 0 Å². The third-order valence-electron chi connectivity index (χ3n) is 5.23. The second-order valence-electron chi connectivity index (χ2n) is 6.72. The second-order valence-corrected chi connectivity index (χ2v) is 7.64. The monoisotopic (exact) mass is 432 g/mol. The fraction of sp³-hybridized carbons (Fsp3) is 0.350. The lowest BCUT2D eigenvalue weighted by Gasteiger charge is -2.36. The summed E-state index contributed by atoms with van der Waals surface area (Å²) in [4.78, 5) is 2.26. The van der Waals surface area contributed by atoms with E-state index < -0.39 is 0 Å². The first-order valence-electron chi connectivity index (χ1n) is 8.78. The molecule has 0 amide bonds. The SMILES string of the molecule is COc1c2c(cc3c1[C@@H](C/C(=N\O)c1ccc(Br)cc1)N(C)CC3)OCO2. The van der Waals surface area contributed by atoms with Crippen molar-refractivity contribution in [2.24, 2.45) is 5.16 Å². The van der Waals surface area contributed by atoms with Crippen LogP contribution in [0.4, 0.5) is 0 Å². The van der Waals surface area contributed by atoms with Crippen molar-refractivity contribution >= 4 is 21.6 Å². The first kappa shape index (κ1) is 18.1.